The van der Waals surface area contributed by atoms with Gasteiger partial charge < -0.3 is 9.84 Å². The van der Waals surface area contributed by atoms with Crippen molar-refractivity contribution < 1.29 is 9.84 Å². The molecule has 3 heterocycles. The quantitative estimate of drug-likeness (QED) is 0.550. The summed E-state index contributed by atoms with van der Waals surface area (Å²) in [6, 6.07) is 9.67. The maximum atomic E-state index is 13.2. The molecule has 0 aliphatic carbocycles. The summed E-state index contributed by atoms with van der Waals surface area (Å²) in [6.45, 7) is 5.81. The van der Waals surface area contributed by atoms with Crippen LogP contribution in [0.4, 0.5) is 0 Å². The summed E-state index contributed by atoms with van der Waals surface area (Å²) < 4.78 is 8.81. The van der Waals surface area contributed by atoms with E-state index in [2.05, 4.69) is 4.98 Å². The van der Waals surface area contributed by atoms with Crippen LogP contribution in [0.3, 0.4) is 0 Å². The molecule has 0 amide bonds. The third kappa shape index (κ3) is 3.30. The third-order valence-corrected chi connectivity index (χ3v) is 5.52. The zero-order valence-corrected chi connectivity index (χ0v) is 17.9. The number of methoxy groups -OCH3 is 1. The van der Waals surface area contributed by atoms with Crippen LogP contribution in [0.25, 0.3) is 33.2 Å². The maximum absolute atomic E-state index is 13.2. The summed E-state index contributed by atoms with van der Waals surface area (Å²) in [5.41, 5.74) is 3.27. The van der Waals surface area contributed by atoms with Crippen molar-refractivity contribution in [3.63, 3.8) is 0 Å². The molecule has 0 saturated heterocycles. The number of aromatic nitrogens is 4. The smallest absolute Gasteiger partial charge is 0.329 e. The molecule has 0 spiro atoms. The van der Waals surface area contributed by atoms with Crippen molar-refractivity contribution in [3.8, 4) is 11.3 Å². The molecule has 0 saturated carbocycles. The van der Waals surface area contributed by atoms with E-state index in [9.17, 15) is 9.90 Å². The second-order valence-corrected chi connectivity index (χ2v) is 8.19. The summed E-state index contributed by atoms with van der Waals surface area (Å²) in [5.74, 6) is 0. The molecule has 0 aliphatic heterocycles. The third-order valence-electron chi connectivity index (χ3n) is 5.52. The monoisotopic (exact) mass is 406 g/mol. The van der Waals surface area contributed by atoms with Crippen LogP contribution < -0.4 is 5.69 Å². The molecule has 0 unspecified atom stereocenters. The van der Waals surface area contributed by atoms with E-state index in [1.165, 1.54) is 0 Å². The number of para-hydroxylation sites is 1. The lowest BCUT2D eigenvalue weighted by Gasteiger charge is -2.18. The molecule has 1 N–H and O–H groups in total. The highest BCUT2D eigenvalue weighted by molar-refractivity contribution is 6.07. The SMILES string of the molecule is CO[C@@H](C)Cn1c(=O)n(C)c2c(-c3cncc(C(C)(C)O)c3)nc3ccccc3c21. The fraction of sp³-hybridized carbons (Fsp3) is 0.348. The number of aryl methyl sites for hydroxylation is 1. The van der Waals surface area contributed by atoms with E-state index in [0.717, 1.165) is 27.5 Å². The number of benzene rings is 1. The number of nitrogens with zero attached hydrogens (tertiary/aromatic N) is 4. The highest BCUT2D eigenvalue weighted by Crippen LogP contribution is 2.33. The summed E-state index contributed by atoms with van der Waals surface area (Å²) in [7, 11) is 3.39. The molecule has 0 radical (unpaired) electrons. The number of pyridine rings is 2. The van der Waals surface area contributed by atoms with Crippen LogP contribution in [0.15, 0.2) is 47.5 Å². The van der Waals surface area contributed by atoms with Crippen molar-refractivity contribution >= 4 is 21.9 Å². The zero-order valence-electron chi connectivity index (χ0n) is 17.9. The lowest BCUT2D eigenvalue weighted by Crippen LogP contribution is -2.27. The Balaban J connectivity index is 2.11. The minimum atomic E-state index is -1.04. The molecule has 156 valence electrons. The van der Waals surface area contributed by atoms with Crippen LogP contribution in [0.5, 0.6) is 0 Å². The van der Waals surface area contributed by atoms with Gasteiger partial charge in [-0.15, -0.1) is 0 Å². The largest absolute Gasteiger partial charge is 0.386 e. The van der Waals surface area contributed by atoms with E-state index < -0.39 is 5.60 Å². The molecule has 7 nitrogen and oxygen atoms in total. The van der Waals surface area contributed by atoms with Crippen molar-refractivity contribution in [1.29, 1.82) is 0 Å². The maximum Gasteiger partial charge on any atom is 0.329 e. The van der Waals surface area contributed by atoms with Crippen molar-refractivity contribution in [3.05, 3.63) is 58.8 Å². The number of fused-ring (bicyclic) bond motifs is 3. The second kappa shape index (κ2) is 7.34. The van der Waals surface area contributed by atoms with E-state index in [0.29, 0.717) is 17.8 Å². The minimum Gasteiger partial charge on any atom is -0.386 e. The first-order valence-corrected chi connectivity index (χ1v) is 9.91. The van der Waals surface area contributed by atoms with Gasteiger partial charge >= 0.3 is 5.69 Å². The van der Waals surface area contributed by atoms with E-state index in [1.807, 2.05) is 37.3 Å². The Morgan fingerprint density at radius 1 is 1.20 bits per heavy atom. The number of rotatable bonds is 5. The van der Waals surface area contributed by atoms with E-state index >= 15 is 0 Å². The molecule has 0 aliphatic rings. The zero-order chi connectivity index (χ0) is 21.6. The van der Waals surface area contributed by atoms with Crippen LogP contribution in [0.2, 0.25) is 0 Å². The van der Waals surface area contributed by atoms with Gasteiger partial charge in [0.05, 0.1) is 40.5 Å². The van der Waals surface area contributed by atoms with Crippen LogP contribution in [0.1, 0.15) is 26.3 Å². The Morgan fingerprint density at radius 3 is 2.63 bits per heavy atom. The topological polar surface area (TPSA) is 82.2 Å². The van der Waals surface area contributed by atoms with E-state index in [4.69, 9.17) is 9.72 Å². The van der Waals surface area contributed by atoms with Gasteiger partial charge in [0.25, 0.3) is 0 Å². The highest BCUT2D eigenvalue weighted by atomic mass is 16.5. The minimum absolute atomic E-state index is 0.121. The Morgan fingerprint density at radius 2 is 1.93 bits per heavy atom. The summed E-state index contributed by atoms with van der Waals surface area (Å²) >= 11 is 0. The number of hydrogen-bond acceptors (Lipinski definition) is 5. The predicted molar refractivity (Wildman–Crippen MR) is 117 cm³/mol. The molecule has 0 bridgehead atoms. The standard InChI is InChI=1S/C23H26N4O3/c1-14(30-5)13-27-20-17-8-6-7-9-18(17)25-19(21(20)26(4)22(27)28)15-10-16(12-24-11-15)23(2,3)29/h6-12,14,29H,13H2,1-5H3/t14-/m0/s1. The van der Waals surface area contributed by atoms with Gasteiger partial charge in [0.15, 0.2) is 0 Å². The molecular weight excluding hydrogens is 380 g/mol. The van der Waals surface area contributed by atoms with Gasteiger partial charge in [-0.2, -0.15) is 0 Å². The molecule has 0 fully saturated rings. The van der Waals surface area contributed by atoms with Crippen LogP contribution >= 0.6 is 0 Å². The van der Waals surface area contributed by atoms with Gasteiger partial charge in [0, 0.05) is 43.1 Å². The van der Waals surface area contributed by atoms with Crippen molar-refractivity contribution in [2.75, 3.05) is 7.11 Å². The van der Waals surface area contributed by atoms with Crippen molar-refractivity contribution in [2.24, 2.45) is 7.05 Å². The lowest BCUT2D eigenvalue weighted by molar-refractivity contribution is 0.0783. The fourth-order valence-corrected chi connectivity index (χ4v) is 3.75. The van der Waals surface area contributed by atoms with Gasteiger partial charge in [-0.25, -0.2) is 9.78 Å². The Hall–Kier alpha value is -3.03. The first-order valence-electron chi connectivity index (χ1n) is 9.91. The first kappa shape index (κ1) is 20.3. The normalized spacial score (nSPS) is 13.3. The Kier molecular flexibility index (Phi) is 4.95. The number of ether oxygens (including phenoxy) is 1. The van der Waals surface area contributed by atoms with E-state index in [1.54, 1.807) is 49.5 Å². The average molecular weight is 406 g/mol. The van der Waals surface area contributed by atoms with Crippen LogP contribution in [-0.4, -0.2) is 37.4 Å². The highest BCUT2D eigenvalue weighted by Gasteiger charge is 2.23. The van der Waals surface area contributed by atoms with Gasteiger partial charge in [-0.1, -0.05) is 18.2 Å². The predicted octanol–water partition coefficient (Wildman–Crippen LogP) is 3.21. The Bertz CT molecular complexity index is 1300. The average Bonchev–Trinajstić information content (AvgIpc) is 2.98. The van der Waals surface area contributed by atoms with Gasteiger partial charge in [-0.3, -0.25) is 14.1 Å². The first-order chi connectivity index (χ1) is 14.2. The summed E-state index contributed by atoms with van der Waals surface area (Å²) in [5, 5.41) is 11.3. The van der Waals surface area contributed by atoms with Crippen LogP contribution in [-0.2, 0) is 23.9 Å². The number of hydrogen-bond donors (Lipinski definition) is 1. The molecule has 7 heteroatoms. The lowest BCUT2D eigenvalue weighted by atomic mass is 9.97. The molecule has 1 atom stereocenters. The second-order valence-electron chi connectivity index (χ2n) is 8.19. The van der Waals surface area contributed by atoms with Crippen molar-refractivity contribution in [1.82, 2.24) is 19.1 Å². The summed E-state index contributed by atoms with van der Waals surface area (Å²) in [4.78, 5) is 22.4. The summed E-state index contributed by atoms with van der Waals surface area (Å²) in [6.07, 6.45) is 3.24. The molecular formula is C23H26N4O3. The number of imidazole rings is 1. The van der Waals surface area contributed by atoms with Crippen molar-refractivity contribution in [2.45, 2.75) is 39.0 Å². The van der Waals surface area contributed by atoms with Crippen LogP contribution in [0, 0.1) is 0 Å². The molecule has 4 aromatic rings. The molecule has 3 aromatic heterocycles. The molecule has 30 heavy (non-hydrogen) atoms. The van der Waals surface area contributed by atoms with Gasteiger partial charge in [0.1, 0.15) is 0 Å². The fourth-order valence-electron chi connectivity index (χ4n) is 3.75. The van der Waals surface area contributed by atoms with E-state index in [-0.39, 0.29) is 11.8 Å². The van der Waals surface area contributed by atoms with Gasteiger partial charge in [0.2, 0.25) is 0 Å². The molecule has 1 aromatic carbocycles. The Labute approximate surface area is 174 Å². The van der Waals surface area contributed by atoms with Gasteiger partial charge in [-0.05, 0) is 32.9 Å². The number of aliphatic hydroxyl groups is 1. The molecule has 4 rings (SSSR count).